The van der Waals surface area contributed by atoms with Crippen molar-refractivity contribution in [2.24, 2.45) is 0 Å². The van der Waals surface area contributed by atoms with E-state index in [0.29, 0.717) is 22.5 Å². The first-order valence-corrected chi connectivity index (χ1v) is 6.75. The molecule has 0 saturated carbocycles. The molecule has 2 aromatic carbocycles. The van der Waals surface area contributed by atoms with Gasteiger partial charge in [-0.25, -0.2) is 4.39 Å². The molecule has 0 heterocycles. The van der Waals surface area contributed by atoms with Crippen LogP contribution in [0.4, 0.5) is 10.1 Å². The fourth-order valence-corrected chi connectivity index (χ4v) is 2.54. The van der Waals surface area contributed by atoms with Crippen molar-refractivity contribution < 1.29 is 9.13 Å². The van der Waals surface area contributed by atoms with Crippen LogP contribution in [0.2, 0.25) is 0 Å². The first-order valence-electron chi connectivity index (χ1n) is 5.17. The van der Waals surface area contributed by atoms with Crippen LogP contribution >= 0.6 is 31.9 Å². The van der Waals surface area contributed by atoms with Crippen LogP contribution < -0.4 is 10.5 Å². The van der Waals surface area contributed by atoms with Crippen LogP contribution in [-0.2, 0) is 6.61 Å². The number of anilines is 1. The lowest BCUT2D eigenvalue weighted by Gasteiger charge is -2.08. The molecule has 0 fully saturated rings. The minimum atomic E-state index is -0.340. The summed E-state index contributed by atoms with van der Waals surface area (Å²) in [7, 11) is 0. The fourth-order valence-electron chi connectivity index (χ4n) is 1.54. The SMILES string of the molecule is Nc1cc(Br)cc(COc2cc(F)cc(Br)c2)c1. The van der Waals surface area contributed by atoms with Crippen LogP contribution in [0.3, 0.4) is 0 Å². The maximum absolute atomic E-state index is 13.1. The Hall–Kier alpha value is -1.07. The summed E-state index contributed by atoms with van der Waals surface area (Å²) in [6.45, 7) is 0.333. The van der Waals surface area contributed by atoms with Crippen molar-refractivity contribution in [3.63, 3.8) is 0 Å². The Bertz CT molecular complexity index is 483. The predicted octanol–water partition coefficient (Wildman–Crippen LogP) is 4.51. The second-order valence-corrected chi connectivity index (χ2v) is 5.62. The normalized spacial score (nSPS) is 10.4. The monoisotopic (exact) mass is 373 g/mol. The Morgan fingerprint density at radius 2 is 1.72 bits per heavy atom. The lowest BCUT2D eigenvalue weighted by Crippen LogP contribution is -1.97. The van der Waals surface area contributed by atoms with E-state index in [2.05, 4.69) is 31.9 Å². The molecule has 0 spiro atoms. The molecule has 2 nitrogen and oxygen atoms in total. The number of benzene rings is 2. The lowest BCUT2D eigenvalue weighted by molar-refractivity contribution is 0.304. The van der Waals surface area contributed by atoms with Gasteiger partial charge in [0.2, 0.25) is 0 Å². The standard InChI is InChI=1S/C13H10Br2FNO/c14-9-1-8(2-12(17)4-9)7-18-13-5-10(15)3-11(16)6-13/h1-6H,7,17H2. The van der Waals surface area contributed by atoms with Gasteiger partial charge in [-0.2, -0.15) is 0 Å². The van der Waals surface area contributed by atoms with Crippen LogP contribution in [0.15, 0.2) is 45.3 Å². The molecule has 0 aliphatic heterocycles. The van der Waals surface area contributed by atoms with Crippen molar-refractivity contribution in [2.75, 3.05) is 5.73 Å². The van der Waals surface area contributed by atoms with Gasteiger partial charge < -0.3 is 10.5 Å². The van der Waals surface area contributed by atoms with Gasteiger partial charge in [0.25, 0.3) is 0 Å². The third-order valence-electron chi connectivity index (χ3n) is 2.22. The molecule has 2 aromatic rings. The van der Waals surface area contributed by atoms with E-state index in [-0.39, 0.29) is 5.82 Å². The van der Waals surface area contributed by atoms with Crippen molar-refractivity contribution in [3.8, 4) is 5.75 Å². The maximum Gasteiger partial charge on any atom is 0.128 e. The number of rotatable bonds is 3. The first-order chi connectivity index (χ1) is 8.52. The van der Waals surface area contributed by atoms with Gasteiger partial charge >= 0.3 is 0 Å². The van der Waals surface area contributed by atoms with E-state index in [4.69, 9.17) is 10.5 Å². The van der Waals surface area contributed by atoms with Crippen LogP contribution in [0.5, 0.6) is 5.75 Å². The molecule has 0 aliphatic rings. The van der Waals surface area contributed by atoms with E-state index in [9.17, 15) is 4.39 Å². The Balaban J connectivity index is 2.11. The van der Waals surface area contributed by atoms with E-state index in [0.717, 1.165) is 10.0 Å². The second kappa shape index (κ2) is 5.71. The third-order valence-corrected chi connectivity index (χ3v) is 3.14. The van der Waals surface area contributed by atoms with Gasteiger partial charge in [0.1, 0.15) is 18.2 Å². The Kier molecular flexibility index (Phi) is 4.24. The summed E-state index contributed by atoms with van der Waals surface area (Å²) in [6, 6.07) is 9.96. The molecular weight excluding hydrogens is 365 g/mol. The molecule has 0 bridgehead atoms. The second-order valence-electron chi connectivity index (χ2n) is 3.79. The van der Waals surface area contributed by atoms with Gasteiger partial charge in [-0.3, -0.25) is 0 Å². The van der Waals surface area contributed by atoms with Gasteiger partial charge in [-0.15, -0.1) is 0 Å². The van der Waals surface area contributed by atoms with E-state index >= 15 is 0 Å². The van der Waals surface area contributed by atoms with Gasteiger partial charge in [0.05, 0.1) is 0 Å². The van der Waals surface area contributed by atoms with Crippen LogP contribution in [0.1, 0.15) is 5.56 Å². The molecule has 0 amide bonds. The molecule has 0 saturated heterocycles. The summed E-state index contributed by atoms with van der Waals surface area (Å²) in [5, 5.41) is 0. The largest absolute Gasteiger partial charge is 0.489 e. The van der Waals surface area contributed by atoms with Crippen molar-refractivity contribution in [1.82, 2.24) is 0 Å². The van der Waals surface area contributed by atoms with Crippen LogP contribution in [-0.4, -0.2) is 0 Å². The molecular formula is C13H10Br2FNO. The summed E-state index contributed by atoms with van der Waals surface area (Å²) in [5.74, 6) is 0.133. The molecule has 0 aromatic heterocycles. The number of hydrogen-bond acceptors (Lipinski definition) is 2. The smallest absolute Gasteiger partial charge is 0.128 e. The summed E-state index contributed by atoms with van der Waals surface area (Å²) in [5.41, 5.74) is 7.30. The minimum absolute atomic E-state index is 0.333. The average molecular weight is 375 g/mol. The molecule has 5 heteroatoms. The van der Waals surface area contributed by atoms with Gasteiger partial charge in [0.15, 0.2) is 0 Å². The van der Waals surface area contributed by atoms with Crippen molar-refractivity contribution in [1.29, 1.82) is 0 Å². The maximum atomic E-state index is 13.1. The molecule has 2 rings (SSSR count). The minimum Gasteiger partial charge on any atom is -0.489 e. The van der Waals surface area contributed by atoms with E-state index in [1.165, 1.54) is 12.1 Å². The Labute approximate surface area is 121 Å². The summed E-state index contributed by atoms with van der Waals surface area (Å²) in [4.78, 5) is 0. The Morgan fingerprint density at radius 3 is 2.39 bits per heavy atom. The van der Waals surface area contributed by atoms with Gasteiger partial charge in [-0.1, -0.05) is 31.9 Å². The zero-order valence-corrected chi connectivity index (χ0v) is 12.5. The lowest BCUT2D eigenvalue weighted by atomic mass is 10.2. The van der Waals surface area contributed by atoms with E-state index in [1.54, 1.807) is 6.07 Å². The van der Waals surface area contributed by atoms with Crippen molar-refractivity contribution in [2.45, 2.75) is 6.61 Å². The number of halogens is 3. The topological polar surface area (TPSA) is 35.2 Å². The summed E-state index contributed by atoms with van der Waals surface area (Å²) < 4.78 is 20.2. The Morgan fingerprint density at radius 1 is 1.00 bits per heavy atom. The molecule has 0 atom stereocenters. The molecule has 0 aliphatic carbocycles. The number of ether oxygens (including phenoxy) is 1. The van der Waals surface area contributed by atoms with Gasteiger partial charge in [0, 0.05) is 20.7 Å². The highest BCUT2D eigenvalue weighted by Crippen LogP contribution is 2.23. The molecule has 18 heavy (non-hydrogen) atoms. The summed E-state index contributed by atoms with van der Waals surface area (Å²) in [6.07, 6.45) is 0. The van der Waals surface area contributed by atoms with Crippen molar-refractivity contribution >= 4 is 37.5 Å². The number of hydrogen-bond donors (Lipinski definition) is 1. The molecule has 94 valence electrons. The highest BCUT2D eigenvalue weighted by Gasteiger charge is 2.02. The van der Waals surface area contributed by atoms with Gasteiger partial charge in [-0.05, 0) is 35.9 Å². The quantitative estimate of drug-likeness (QED) is 0.802. The van der Waals surface area contributed by atoms with Crippen molar-refractivity contribution in [3.05, 3.63) is 56.7 Å². The van der Waals surface area contributed by atoms with E-state index < -0.39 is 0 Å². The highest BCUT2D eigenvalue weighted by molar-refractivity contribution is 9.10. The zero-order valence-electron chi connectivity index (χ0n) is 9.29. The predicted molar refractivity (Wildman–Crippen MR) is 77.0 cm³/mol. The molecule has 0 unspecified atom stereocenters. The fraction of sp³-hybridized carbons (Fsp3) is 0.0769. The molecule has 0 radical (unpaired) electrons. The summed E-state index contributed by atoms with van der Waals surface area (Å²) >= 11 is 6.57. The molecule has 2 N–H and O–H groups in total. The van der Waals surface area contributed by atoms with Crippen LogP contribution in [0, 0.1) is 5.82 Å². The zero-order chi connectivity index (χ0) is 13.1. The van der Waals surface area contributed by atoms with Crippen LogP contribution in [0.25, 0.3) is 0 Å². The number of nitrogen functional groups attached to an aromatic ring is 1. The third kappa shape index (κ3) is 3.71. The number of nitrogens with two attached hydrogens (primary N) is 1. The average Bonchev–Trinajstić information content (AvgIpc) is 2.23. The van der Waals surface area contributed by atoms with E-state index in [1.807, 2.05) is 18.2 Å². The first kappa shape index (κ1) is 13.4. The highest BCUT2D eigenvalue weighted by atomic mass is 79.9.